The number of allylic oxidation sites excluding steroid dienone is 2. The predicted molar refractivity (Wildman–Crippen MR) is 267 cm³/mol. The molecule has 316 valence electrons. The van der Waals surface area contributed by atoms with Crippen LogP contribution in [0.5, 0.6) is 0 Å². The van der Waals surface area contributed by atoms with Gasteiger partial charge in [0.2, 0.25) is 0 Å². The zero-order valence-corrected chi connectivity index (χ0v) is 39.5. The van der Waals surface area contributed by atoms with Gasteiger partial charge in [-0.25, -0.2) is 0 Å². The standard InChI is InChI=1S/C58H65BN2O/c1-36-31-48-51-49(32-36)61(42-26-21-38(22-27-42)55(5,6)7)52-43-34-44-45(57(10,11)30-29-56(44,8)9)35-50(43)62-53(52)59(51)46-33-40(58(12,13)39-17-15-14-16-18-39)23-28-47(46)60(48)41-24-19-37(20-25-41)54(2,3)4/h14-24,26-28,31-35,41H,25,29-30H2,1-13H3. The van der Waals surface area contributed by atoms with Gasteiger partial charge in [-0.1, -0.05) is 156 Å². The van der Waals surface area contributed by atoms with Gasteiger partial charge in [0.15, 0.2) is 0 Å². The van der Waals surface area contributed by atoms with Crippen molar-refractivity contribution in [2.75, 3.05) is 9.80 Å². The molecule has 0 saturated carbocycles. The van der Waals surface area contributed by atoms with E-state index < -0.39 is 0 Å². The lowest BCUT2D eigenvalue weighted by Gasteiger charge is -2.45. The van der Waals surface area contributed by atoms with Crippen molar-refractivity contribution >= 4 is 62.7 Å². The first kappa shape index (κ1) is 40.8. The smallest absolute Gasteiger partial charge is 0.297 e. The number of benzene rings is 5. The molecule has 0 bridgehead atoms. The summed E-state index contributed by atoms with van der Waals surface area (Å²) in [5, 5.41) is 1.21. The van der Waals surface area contributed by atoms with Crippen LogP contribution in [0.1, 0.15) is 136 Å². The SMILES string of the molecule is Cc1cc2c3c(c1)N(C1C=CC(C(C)(C)C)=CC1)c1ccc(C(C)(C)c4ccccc4)cc1B3c1oc3cc4c(cc3c1N2c1ccc(C(C)(C)C)cc1)C(C)(C)CCC4(C)C. The monoisotopic (exact) mass is 817 g/mol. The molecule has 3 nitrogen and oxygen atoms in total. The van der Waals surface area contributed by atoms with Crippen LogP contribution in [0.2, 0.25) is 0 Å². The lowest BCUT2D eigenvalue weighted by atomic mass is 9.35. The molecule has 0 saturated heterocycles. The summed E-state index contributed by atoms with van der Waals surface area (Å²) in [6.45, 7) is 30.5. The highest BCUT2D eigenvalue weighted by Gasteiger charge is 2.49. The Morgan fingerprint density at radius 2 is 1.31 bits per heavy atom. The summed E-state index contributed by atoms with van der Waals surface area (Å²) in [6, 6.07) is 37.8. The van der Waals surface area contributed by atoms with Gasteiger partial charge in [0, 0.05) is 33.6 Å². The average molecular weight is 817 g/mol. The molecule has 0 radical (unpaired) electrons. The van der Waals surface area contributed by atoms with Crippen molar-refractivity contribution in [3.63, 3.8) is 0 Å². The summed E-state index contributed by atoms with van der Waals surface area (Å²) in [5.41, 5.74) is 20.4. The molecule has 6 aromatic rings. The summed E-state index contributed by atoms with van der Waals surface area (Å²) >= 11 is 0. The Morgan fingerprint density at radius 1 is 0.661 bits per heavy atom. The van der Waals surface area contributed by atoms with E-state index >= 15 is 0 Å². The molecule has 0 fully saturated rings. The van der Waals surface area contributed by atoms with Crippen LogP contribution in [0.25, 0.3) is 11.0 Å². The topological polar surface area (TPSA) is 19.6 Å². The summed E-state index contributed by atoms with van der Waals surface area (Å²) in [7, 11) is 0. The molecular formula is C58H65BN2O. The molecule has 4 heteroatoms. The van der Waals surface area contributed by atoms with E-state index in [0.29, 0.717) is 0 Å². The number of aryl methyl sites for hydroxylation is 1. The minimum Gasteiger partial charge on any atom is -0.468 e. The Balaban J connectivity index is 1.29. The second-order valence-electron chi connectivity index (χ2n) is 23.0. The Labute approximate surface area is 372 Å². The van der Waals surface area contributed by atoms with Crippen molar-refractivity contribution in [3.8, 4) is 0 Å². The predicted octanol–water partition coefficient (Wildman–Crippen LogP) is 13.8. The summed E-state index contributed by atoms with van der Waals surface area (Å²) in [4.78, 5) is 5.24. The number of hydrogen-bond acceptors (Lipinski definition) is 3. The van der Waals surface area contributed by atoms with Crippen molar-refractivity contribution in [3.05, 3.63) is 154 Å². The van der Waals surface area contributed by atoms with Crippen LogP contribution in [0.15, 0.2) is 125 Å². The molecule has 0 amide bonds. The van der Waals surface area contributed by atoms with Gasteiger partial charge in [0.25, 0.3) is 6.71 Å². The molecular weight excluding hydrogens is 751 g/mol. The molecule has 2 aliphatic heterocycles. The minimum atomic E-state index is -0.213. The van der Waals surface area contributed by atoms with E-state index in [1.54, 1.807) is 0 Å². The van der Waals surface area contributed by atoms with Gasteiger partial charge in [-0.2, -0.15) is 0 Å². The molecule has 10 rings (SSSR count). The quantitative estimate of drug-likeness (QED) is 0.165. The van der Waals surface area contributed by atoms with Gasteiger partial charge in [-0.15, -0.1) is 0 Å². The number of furan rings is 1. The Morgan fingerprint density at radius 3 is 1.94 bits per heavy atom. The fourth-order valence-electron chi connectivity index (χ4n) is 11.2. The van der Waals surface area contributed by atoms with Gasteiger partial charge >= 0.3 is 0 Å². The van der Waals surface area contributed by atoms with E-state index in [1.807, 2.05) is 0 Å². The van der Waals surface area contributed by atoms with E-state index in [1.165, 1.54) is 78.0 Å². The molecule has 1 atom stereocenters. The zero-order valence-electron chi connectivity index (χ0n) is 39.5. The third kappa shape index (κ3) is 6.29. The van der Waals surface area contributed by atoms with Crippen molar-refractivity contribution in [2.24, 2.45) is 5.41 Å². The molecule has 5 aromatic carbocycles. The lowest BCUT2D eigenvalue weighted by Crippen LogP contribution is -2.62. The summed E-state index contributed by atoms with van der Waals surface area (Å²) in [5.74, 6) is 0. The van der Waals surface area contributed by atoms with E-state index in [4.69, 9.17) is 4.42 Å². The maximum atomic E-state index is 7.54. The van der Waals surface area contributed by atoms with E-state index in [0.717, 1.165) is 36.2 Å². The van der Waals surface area contributed by atoms with Crippen LogP contribution in [-0.2, 0) is 21.7 Å². The highest BCUT2D eigenvalue weighted by Crippen LogP contribution is 2.52. The number of hydrogen-bond donors (Lipinski definition) is 0. The largest absolute Gasteiger partial charge is 0.468 e. The number of rotatable bonds is 4. The molecule has 0 N–H and O–H groups in total. The highest BCUT2D eigenvalue weighted by atomic mass is 16.3. The summed E-state index contributed by atoms with van der Waals surface area (Å²) < 4.78 is 7.54. The molecule has 1 unspecified atom stereocenters. The van der Waals surface area contributed by atoms with Gasteiger partial charge in [0.05, 0.1) is 17.4 Å². The Hall–Kier alpha value is -5.22. The second kappa shape index (κ2) is 13.6. The molecule has 4 aliphatic rings. The first-order valence-corrected chi connectivity index (χ1v) is 23.2. The first-order valence-electron chi connectivity index (χ1n) is 23.2. The fourth-order valence-corrected chi connectivity index (χ4v) is 11.2. The first-order chi connectivity index (χ1) is 29.1. The Kier molecular flexibility index (Phi) is 8.98. The molecule has 2 aliphatic carbocycles. The van der Waals surface area contributed by atoms with Crippen molar-refractivity contribution in [1.82, 2.24) is 0 Å². The molecule has 62 heavy (non-hydrogen) atoms. The van der Waals surface area contributed by atoms with Gasteiger partial charge in [0.1, 0.15) is 5.58 Å². The van der Waals surface area contributed by atoms with Crippen molar-refractivity contribution < 1.29 is 4.42 Å². The van der Waals surface area contributed by atoms with Gasteiger partial charge in [-0.3, -0.25) is 0 Å². The van der Waals surface area contributed by atoms with Crippen molar-refractivity contribution in [1.29, 1.82) is 0 Å². The third-order valence-electron chi connectivity index (χ3n) is 15.3. The fraction of sp³-hybridized carbons (Fsp3) is 0.379. The van der Waals surface area contributed by atoms with Crippen LogP contribution in [0.4, 0.5) is 28.4 Å². The van der Waals surface area contributed by atoms with Gasteiger partial charge in [-0.05, 0) is 140 Å². The Bertz CT molecular complexity index is 2840. The van der Waals surface area contributed by atoms with Crippen LogP contribution in [0.3, 0.4) is 0 Å². The van der Waals surface area contributed by atoms with E-state index in [2.05, 4.69) is 215 Å². The number of nitrogens with zero attached hydrogens (tertiary/aromatic N) is 2. The van der Waals surface area contributed by atoms with Crippen LogP contribution >= 0.6 is 0 Å². The normalized spacial score (nSPS) is 18.9. The molecule has 1 aromatic heterocycles. The summed E-state index contributed by atoms with van der Waals surface area (Å²) in [6.07, 6.45) is 10.6. The van der Waals surface area contributed by atoms with E-state index in [-0.39, 0.29) is 39.8 Å². The van der Waals surface area contributed by atoms with Gasteiger partial charge < -0.3 is 14.2 Å². The number of anilines is 5. The van der Waals surface area contributed by atoms with E-state index in [9.17, 15) is 0 Å². The molecule has 3 heterocycles. The second-order valence-corrected chi connectivity index (χ2v) is 23.0. The maximum absolute atomic E-state index is 7.54. The maximum Gasteiger partial charge on any atom is 0.297 e. The van der Waals surface area contributed by atoms with Crippen LogP contribution < -0.4 is 26.4 Å². The third-order valence-corrected chi connectivity index (χ3v) is 15.3. The lowest BCUT2D eigenvalue weighted by molar-refractivity contribution is 0.332. The number of fused-ring (bicyclic) bond motifs is 7. The van der Waals surface area contributed by atoms with Crippen LogP contribution in [-0.4, -0.2) is 12.8 Å². The zero-order chi connectivity index (χ0) is 43.9. The average Bonchev–Trinajstić information content (AvgIpc) is 3.60. The van der Waals surface area contributed by atoms with Crippen LogP contribution in [0, 0.1) is 12.3 Å². The highest BCUT2D eigenvalue weighted by molar-refractivity contribution is 6.99. The van der Waals surface area contributed by atoms with Crippen molar-refractivity contribution in [2.45, 2.75) is 137 Å². The minimum absolute atomic E-state index is 0.0449. The molecule has 0 spiro atoms.